The van der Waals surface area contributed by atoms with Crippen LogP contribution in [0.5, 0.6) is 0 Å². The van der Waals surface area contributed by atoms with Gasteiger partial charge in [0, 0.05) is 35.7 Å². The summed E-state index contributed by atoms with van der Waals surface area (Å²) in [6.45, 7) is 4.45. The number of esters is 1. The van der Waals surface area contributed by atoms with Crippen LogP contribution >= 0.6 is 11.8 Å². The molecule has 7 heteroatoms. The lowest BCUT2D eigenvalue weighted by molar-refractivity contribution is -0.140. The molecule has 4 heterocycles. The number of methoxy groups -OCH3 is 1. The highest BCUT2D eigenvalue weighted by molar-refractivity contribution is 8.09. The molecule has 6 rings (SSSR count). The second-order valence-corrected chi connectivity index (χ2v) is 12.3. The van der Waals surface area contributed by atoms with Gasteiger partial charge in [-0.1, -0.05) is 61.3 Å². The third-order valence-electron chi connectivity index (χ3n) is 8.57. The number of thioether (sulfide) groups is 1. The van der Waals surface area contributed by atoms with E-state index in [4.69, 9.17) is 9.72 Å². The molecule has 0 bridgehead atoms. The van der Waals surface area contributed by atoms with Crippen LogP contribution in [0.25, 0.3) is 21.8 Å². The van der Waals surface area contributed by atoms with Crippen molar-refractivity contribution in [2.24, 2.45) is 17.8 Å². The van der Waals surface area contributed by atoms with E-state index >= 15 is 0 Å². The Morgan fingerprint density at radius 2 is 1.82 bits per heavy atom. The van der Waals surface area contributed by atoms with Gasteiger partial charge in [0.25, 0.3) is 0 Å². The molecule has 3 aromatic rings. The molecule has 0 spiro atoms. The molecule has 2 unspecified atom stereocenters. The first-order chi connectivity index (χ1) is 18.5. The van der Waals surface area contributed by atoms with Crippen LogP contribution in [0.3, 0.4) is 0 Å². The quantitative estimate of drug-likeness (QED) is 0.295. The molecule has 38 heavy (non-hydrogen) atoms. The van der Waals surface area contributed by atoms with E-state index in [9.17, 15) is 4.79 Å². The Balaban J connectivity index is 1.32. The molecule has 2 atom stereocenters. The van der Waals surface area contributed by atoms with Crippen molar-refractivity contribution in [2.45, 2.75) is 44.3 Å². The standard InChI is InChI=1S/C31H36N4O2S/c1-20-6-8-21(9-7-20)26-18-34(2)16-14-24(26)25-17-28(38-30(25)31(36)37-3)23-12-10-22(11-13-23)27-19-35-29(33-27)5-4-15-32-35/h4-5,10-13,15,17,19-21,25,30H,6-9,14,16,18H2,1-3H3. The summed E-state index contributed by atoms with van der Waals surface area (Å²) in [6.07, 6.45) is 12.3. The summed E-state index contributed by atoms with van der Waals surface area (Å²) in [5.41, 5.74) is 7.01. The van der Waals surface area contributed by atoms with E-state index in [0.29, 0.717) is 5.92 Å². The zero-order valence-electron chi connectivity index (χ0n) is 22.5. The Labute approximate surface area is 229 Å². The first kappa shape index (κ1) is 25.4. The van der Waals surface area contributed by atoms with Gasteiger partial charge in [0.2, 0.25) is 0 Å². The number of allylic oxidation sites excluding steroid dienone is 1. The molecular weight excluding hydrogens is 492 g/mol. The Bertz CT molecular complexity index is 1350. The molecule has 3 aliphatic rings. The summed E-state index contributed by atoms with van der Waals surface area (Å²) in [4.78, 5) is 21.3. The summed E-state index contributed by atoms with van der Waals surface area (Å²) < 4.78 is 7.11. The number of ether oxygens (including phenoxy) is 1. The fraction of sp³-hybridized carbons (Fsp3) is 0.452. The van der Waals surface area contributed by atoms with Crippen LogP contribution in [0.2, 0.25) is 0 Å². The molecule has 2 aromatic heterocycles. The molecule has 0 N–H and O–H groups in total. The smallest absolute Gasteiger partial charge is 0.320 e. The monoisotopic (exact) mass is 528 g/mol. The van der Waals surface area contributed by atoms with Gasteiger partial charge in [0.05, 0.1) is 19.0 Å². The molecule has 1 aromatic carbocycles. The number of nitrogens with zero attached hydrogens (tertiary/aromatic N) is 4. The molecule has 0 amide bonds. The van der Waals surface area contributed by atoms with Gasteiger partial charge in [-0.15, -0.1) is 11.8 Å². The van der Waals surface area contributed by atoms with Gasteiger partial charge < -0.3 is 9.64 Å². The number of benzene rings is 1. The number of carbonyl (C=O) groups is 1. The van der Waals surface area contributed by atoms with Crippen LogP contribution in [0.4, 0.5) is 0 Å². The topological polar surface area (TPSA) is 59.7 Å². The molecule has 2 aliphatic heterocycles. The number of rotatable bonds is 5. The van der Waals surface area contributed by atoms with Crippen molar-refractivity contribution in [1.82, 2.24) is 19.5 Å². The van der Waals surface area contributed by atoms with Crippen molar-refractivity contribution in [3.63, 3.8) is 0 Å². The lowest BCUT2D eigenvalue weighted by Crippen LogP contribution is -2.36. The van der Waals surface area contributed by atoms with Crippen molar-refractivity contribution in [2.75, 3.05) is 27.2 Å². The van der Waals surface area contributed by atoms with Crippen LogP contribution in [-0.4, -0.2) is 58.0 Å². The zero-order chi connectivity index (χ0) is 26.2. The first-order valence-corrected chi connectivity index (χ1v) is 14.7. The van der Waals surface area contributed by atoms with E-state index in [-0.39, 0.29) is 17.1 Å². The van der Waals surface area contributed by atoms with Crippen LogP contribution in [0.15, 0.2) is 66.0 Å². The Morgan fingerprint density at radius 1 is 1.05 bits per heavy atom. The number of hydrogen-bond donors (Lipinski definition) is 0. The lowest BCUT2D eigenvalue weighted by Gasteiger charge is -2.37. The minimum atomic E-state index is -0.227. The average molecular weight is 529 g/mol. The summed E-state index contributed by atoms with van der Waals surface area (Å²) in [6, 6.07) is 12.4. The highest BCUT2D eigenvalue weighted by Gasteiger charge is 2.40. The maximum absolute atomic E-state index is 13.0. The van der Waals surface area contributed by atoms with Crippen LogP contribution in [-0.2, 0) is 9.53 Å². The molecule has 1 aliphatic carbocycles. The largest absolute Gasteiger partial charge is 0.468 e. The van der Waals surface area contributed by atoms with Gasteiger partial charge in [0.1, 0.15) is 5.25 Å². The van der Waals surface area contributed by atoms with Gasteiger partial charge >= 0.3 is 5.97 Å². The van der Waals surface area contributed by atoms with Gasteiger partial charge in [-0.2, -0.15) is 5.10 Å². The van der Waals surface area contributed by atoms with E-state index in [0.717, 1.165) is 52.8 Å². The maximum Gasteiger partial charge on any atom is 0.320 e. The molecule has 6 nitrogen and oxygen atoms in total. The normalized spacial score (nSPS) is 26.6. The molecular formula is C31H36N4O2S. The number of fused-ring (bicyclic) bond motifs is 1. The SMILES string of the molecule is COC(=O)C1SC(c2ccc(-c3cn4ncccc4n3)cc2)=CC1C1=C(C2CCC(C)CC2)CN(C)CC1. The number of hydrogen-bond acceptors (Lipinski definition) is 6. The molecule has 1 saturated carbocycles. The van der Waals surface area contributed by atoms with Crippen molar-refractivity contribution in [3.05, 3.63) is 71.6 Å². The van der Waals surface area contributed by atoms with Gasteiger partial charge in [-0.25, -0.2) is 9.50 Å². The number of likely N-dealkylation sites (N-methyl/N-ethyl adjacent to an activating group) is 1. The second kappa shape index (κ2) is 10.7. The van der Waals surface area contributed by atoms with Crippen molar-refractivity contribution in [1.29, 1.82) is 0 Å². The Hall–Kier alpha value is -2.90. The molecule has 198 valence electrons. The van der Waals surface area contributed by atoms with Crippen molar-refractivity contribution < 1.29 is 9.53 Å². The highest BCUT2D eigenvalue weighted by Crippen LogP contribution is 2.49. The summed E-state index contributed by atoms with van der Waals surface area (Å²) in [5.74, 6) is 1.44. The number of aromatic nitrogens is 3. The van der Waals surface area contributed by atoms with Gasteiger partial charge in [-0.3, -0.25) is 4.79 Å². The van der Waals surface area contributed by atoms with Crippen LogP contribution in [0.1, 0.15) is 44.6 Å². The summed E-state index contributed by atoms with van der Waals surface area (Å²) in [5, 5.41) is 4.11. The molecule has 1 fully saturated rings. The van der Waals surface area contributed by atoms with E-state index in [1.54, 1.807) is 28.0 Å². The summed E-state index contributed by atoms with van der Waals surface area (Å²) >= 11 is 1.66. The van der Waals surface area contributed by atoms with E-state index < -0.39 is 0 Å². The fourth-order valence-corrected chi connectivity index (χ4v) is 7.71. The van der Waals surface area contributed by atoms with Crippen LogP contribution in [0, 0.1) is 17.8 Å². The second-order valence-electron chi connectivity index (χ2n) is 11.1. The van der Waals surface area contributed by atoms with E-state index in [2.05, 4.69) is 54.3 Å². The van der Waals surface area contributed by atoms with Gasteiger partial charge in [-0.05, 0) is 55.8 Å². The zero-order valence-corrected chi connectivity index (χ0v) is 23.3. The molecule has 0 saturated heterocycles. The highest BCUT2D eigenvalue weighted by atomic mass is 32.2. The fourth-order valence-electron chi connectivity index (χ4n) is 6.36. The number of imidazole rings is 1. The van der Waals surface area contributed by atoms with Crippen molar-refractivity contribution >= 4 is 28.3 Å². The average Bonchev–Trinajstić information content (AvgIpc) is 3.58. The lowest BCUT2D eigenvalue weighted by atomic mass is 9.74. The summed E-state index contributed by atoms with van der Waals surface area (Å²) in [7, 11) is 3.74. The Kier molecular flexibility index (Phi) is 7.14. The maximum atomic E-state index is 13.0. The predicted molar refractivity (Wildman–Crippen MR) is 154 cm³/mol. The van der Waals surface area contributed by atoms with Crippen LogP contribution < -0.4 is 0 Å². The minimum absolute atomic E-state index is 0.0923. The Morgan fingerprint density at radius 3 is 2.55 bits per heavy atom. The first-order valence-electron chi connectivity index (χ1n) is 13.8. The minimum Gasteiger partial charge on any atom is -0.468 e. The number of carbonyl (C=O) groups excluding carboxylic acids is 1. The van der Waals surface area contributed by atoms with E-state index in [1.165, 1.54) is 38.4 Å². The predicted octanol–water partition coefficient (Wildman–Crippen LogP) is 6.10. The van der Waals surface area contributed by atoms with E-state index in [1.807, 2.05) is 18.3 Å². The third kappa shape index (κ3) is 4.94. The van der Waals surface area contributed by atoms with Gasteiger partial charge in [0.15, 0.2) is 5.65 Å². The van der Waals surface area contributed by atoms with Crippen molar-refractivity contribution in [3.8, 4) is 11.3 Å². The third-order valence-corrected chi connectivity index (χ3v) is 9.94. The molecule has 0 radical (unpaired) electrons.